The van der Waals surface area contributed by atoms with E-state index in [9.17, 15) is 9.59 Å². The van der Waals surface area contributed by atoms with Crippen LogP contribution in [0.4, 0.5) is 0 Å². The van der Waals surface area contributed by atoms with Crippen LogP contribution in [0, 0.1) is 11.8 Å². The second-order valence-electron chi connectivity index (χ2n) is 5.88. The monoisotopic (exact) mass is 321 g/mol. The Morgan fingerprint density at radius 2 is 1.70 bits per heavy atom. The molecule has 1 rings (SSSR count). The molecule has 128 valence electrons. The van der Waals surface area contributed by atoms with E-state index in [2.05, 4.69) is 5.32 Å². The van der Waals surface area contributed by atoms with Crippen LogP contribution >= 0.6 is 0 Å². The molecule has 2 unspecified atom stereocenters. The Morgan fingerprint density at radius 3 is 2.30 bits per heavy atom. The third-order valence-electron chi connectivity index (χ3n) is 3.81. The number of carbonyl (C=O) groups excluding carboxylic acids is 1. The van der Waals surface area contributed by atoms with Crippen LogP contribution < -0.4 is 10.1 Å². The second kappa shape index (κ2) is 10.6. The highest BCUT2D eigenvalue weighted by atomic mass is 16.5. The zero-order chi connectivity index (χ0) is 17.1. The molecule has 0 spiro atoms. The van der Waals surface area contributed by atoms with Crippen molar-refractivity contribution in [3.05, 3.63) is 30.3 Å². The van der Waals surface area contributed by atoms with Crippen molar-refractivity contribution in [2.75, 3.05) is 13.2 Å². The van der Waals surface area contributed by atoms with Gasteiger partial charge in [0.1, 0.15) is 12.4 Å². The first-order chi connectivity index (χ1) is 11.0. The molecule has 0 saturated heterocycles. The Hall–Kier alpha value is -2.04. The molecule has 1 aromatic carbocycles. The quantitative estimate of drug-likeness (QED) is 0.614. The summed E-state index contributed by atoms with van der Waals surface area (Å²) < 4.78 is 5.51. The lowest BCUT2D eigenvalue weighted by molar-refractivity contribution is -0.141. The van der Waals surface area contributed by atoms with Gasteiger partial charge in [0.05, 0.1) is 12.5 Å². The average molecular weight is 321 g/mol. The largest absolute Gasteiger partial charge is 0.492 e. The third-order valence-corrected chi connectivity index (χ3v) is 3.81. The molecule has 0 aromatic heterocycles. The van der Waals surface area contributed by atoms with Gasteiger partial charge in [-0.05, 0) is 25.0 Å². The van der Waals surface area contributed by atoms with Crippen LogP contribution in [0.3, 0.4) is 0 Å². The van der Waals surface area contributed by atoms with E-state index in [0.717, 1.165) is 25.0 Å². The number of hydrogen-bond acceptors (Lipinski definition) is 3. The topological polar surface area (TPSA) is 75.6 Å². The molecule has 0 fully saturated rings. The van der Waals surface area contributed by atoms with Crippen molar-refractivity contribution in [1.29, 1.82) is 0 Å². The number of rotatable bonds is 11. The summed E-state index contributed by atoms with van der Waals surface area (Å²) in [5, 5.41) is 11.7. The number of carboxylic acids is 1. The lowest BCUT2D eigenvalue weighted by atomic mass is 9.98. The molecule has 0 bridgehead atoms. The van der Waals surface area contributed by atoms with Crippen LogP contribution in [0.15, 0.2) is 30.3 Å². The van der Waals surface area contributed by atoms with Crippen LogP contribution in [-0.2, 0) is 9.59 Å². The highest BCUT2D eigenvalue weighted by Gasteiger charge is 2.13. The van der Waals surface area contributed by atoms with Gasteiger partial charge in [-0.15, -0.1) is 0 Å². The summed E-state index contributed by atoms with van der Waals surface area (Å²) in [6.07, 6.45) is 3.14. The predicted molar refractivity (Wildman–Crippen MR) is 89.4 cm³/mol. The number of benzene rings is 1. The van der Waals surface area contributed by atoms with Crippen molar-refractivity contribution >= 4 is 11.9 Å². The standard InChI is InChI=1S/C18H27NO4/c1-14(8-6-7-9-15(2)18(21)22)17(20)19-12-13-23-16-10-4-3-5-11-16/h3-5,10-11,14-15H,6-9,12-13H2,1-2H3,(H,19,20)(H,21,22). The molecule has 2 atom stereocenters. The number of amides is 1. The maximum atomic E-state index is 11.9. The van der Waals surface area contributed by atoms with Crippen LogP contribution in [-0.4, -0.2) is 30.1 Å². The maximum absolute atomic E-state index is 11.9. The second-order valence-corrected chi connectivity index (χ2v) is 5.88. The zero-order valence-corrected chi connectivity index (χ0v) is 14.0. The lowest BCUT2D eigenvalue weighted by Crippen LogP contribution is -2.32. The fourth-order valence-corrected chi connectivity index (χ4v) is 2.19. The van der Waals surface area contributed by atoms with Crippen LogP contribution in [0.1, 0.15) is 39.5 Å². The molecule has 0 aliphatic rings. The first-order valence-corrected chi connectivity index (χ1v) is 8.19. The fourth-order valence-electron chi connectivity index (χ4n) is 2.19. The average Bonchev–Trinajstić information content (AvgIpc) is 2.55. The van der Waals surface area contributed by atoms with E-state index < -0.39 is 5.97 Å². The van der Waals surface area contributed by atoms with Gasteiger partial charge in [0, 0.05) is 5.92 Å². The Kier molecular flexibility index (Phi) is 8.80. The van der Waals surface area contributed by atoms with Gasteiger partial charge in [-0.2, -0.15) is 0 Å². The fraction of sp³-hybridized carbons (Fsp3) is 0.556. The molecule has 2 N–H and O–H groups in total. The van der Waals surface area contributed by atoms with Gasteiger partial charge in [0.25, 0.3) is 0 Å². The van der Waals surface area contributed by atoms with E-state index in [4.69, 9.17) is 9.84 Å². The van der Waals surface area contributed by atoms with Crippen molar-refractivity contribution in [1.82, 2.24) is 5.32 Å². The maximum Gasteiger partial charge on any atom is 0.306 e. The molecule has 0 aliphatic heterocycles. The Balaban J connectivity index is 2.08. The number of carboxylic acid groups (broad SMARTS) is 1. The normalized spacial score (nSPS) is 13.1. The minimum atomic E-state index is -0.755. The molecule has 0 aliphatic carbocycles. The molecule has 0 saturated carbocycles. The summed E-state index contributed by atoms with van der Waals surface area (Å²) in [6, 6.07) is 9.49. The molecule has 0 radical (unpaired) electrons. The molecular formula is C18H27NO4. The first kappa shape index (κ1) is 19.0. The van der Waals surface area contributed by atoms with E-state index in [1.54, 1.807) is 6.92 Å². The van der Waals surface area contributed by atoms with Crippen molar-refractivity contribution in [3.63, 3.8) is 0 Å². The van der Waals surface area contributed by atoms with E-state index in [1.165, 1.54) is 0 Å². The number of nitrogens with one attached hydrogen (secondary N) is 1. The summed E-state index contributed by atoms with van der Waals surface area (Å²) in [5.74, 6) is -0.314. The van der Waals surface area contributed by atoms with Crippen molar-refractivity contribution in [3.8, 4) is 5.75 Å². The smallest absolute Gasteiger partial charge is 0.306 e. The minimum absolute atomic E-state index is 0.0212. The first-order valence-electron chi connectivity index (χ1n) is 8.19. The Bertz CT molecular complexity index is 475. The number of ether oxygens (including phenoxy) is 1. The summed E-state index contributed by atoms with van der Waals surface area (Å²) in [5.41, 5.74) is 0. The number of carbonyl (C=O) groups is 2. The third kappa shape index (κ3) is 8.24. The van der Waals surface area contributed by atoms with Gasteiger partial charge in [-0.3, -0.25) is 9.59 Å². The van der Waals surface area contributed by atoms with Gasteiger partial charge in [-0.25, -0.2) is 0 Å². The number of hydrogen-bond donors (Lipinski definition) is 2. The molecule has 23 heavy (non-hydrogen) atoms. The Labute approximate surface area is 138 Å². The van der Waals surface area contributed by atoms with Gasteiger partial charge in [0.2, 0.25) is 5.91 Å². The molecule has 1 amide bonds. The summed E-state index contributed by atoms with van der Waals surface area (Å²) in [4.78, 5) is 22.6. The number of unbranched alkanes of at least 4 members (excludes halogenated alkanes) is 1. The summed E-state index contributed by atoms with van der Waals surface area (Å²) in [6.45, 7) is 4.53. The van der Waals surface area contributed by atoms with Crippen LogP contribution in [0.5, 0.6) is 5.75 Å². The van der Waals surface area contributed by atoms with Gasteiger partial charge in [-0.1, -0.05) is 44.9 Å². The van der Waals surface area contributed by atoms with Crippen LogP contribution in [0.2, 0.25) is 0 Å². The van der Waals surface area contributed by atoms with Crippen molar-refractivity contribution in [2.24, 2.45) is 11.8 Å². The Morgan fingerprint density at radius 1 is 1.09 bits per heavy atom. The molecular weight excluding hydrogens is 294 g/mol. The number of para-hydroxylation sites is 1. The minimum Gasteiger partial charge on any atom is -0.492 e. The lowest BCUT2D eigenvalue weighted by Gasteiger charge is -2.13. The molecule has 1 aromatic rings. The van der Waals surface area contributed by atoms with Crippen molar-refractivity contribution < 1.29 is 19.4 Å². The van der Waals surface area contributed by atoms with Crippen LogP contribution in [0.25, 0.3) is 0 Å². The number of aliphatic carboxylic acids is 1. The van der Waals surface area contributed by atoms with E-state index in [1.807, 2.05) is 37.3 Å². The highest BCUT2D eigenvalue weighted by molar-refractivity contribution is 5.78. The van der Waals surface area contributed by atoms with Crippen molar-refractivity contribution in [2.45, 2.75) is 39.5 Å². The molecule has 0 heterocycles. The summed E-state index contributed by atoms with van der Waals surface area (Å²) in [7, 11) is 0. The summed E-state index contributed by atoms with van der Waals surface area (Å²) >= 11 is 0. The SMILES string of the molecule is CC(CCCCC(C)C(=O)NCCOc1ccccc1)C(=O)O. The molecule has 5 heteroatoms. The predicted octanol–water partition coefficient (Wildman–Crippen LogP) is 3.10. The van der Waals surface area contributed by atoms with E-state index in [-0.39, 0.29) is 17.7 Å². The van der Waals surface area contributed by atoms with Gasteiger partial charge < -0.3 is 15.2 Å². The van der Waals surface area contributed by atoms with Gasteiger partial charge in [0.15, 0.2) is 0 Å². The van der Waals surface area contributed by atoms with E-state index >= 15 is 0 Å². The van der Waals surface area contributed by atoms with E-state index in [0.29, 0.717) is 19.6 Å². The highest BCUT2D eigenvalue weighted by Crippen LogP contribution is 2.13. The van der Waals surface area contributed by atoms with Gasteiger partial charge >= 0.3 is 5.97 Å². The molecule has 5 nitrogen and oxygen atoms in total. The zero-order valence-electron chi connectivity index (χ0n) is 14.0.